The SMILES string of the molecule is CCC(C)CNC(=O)c1cn(-c2cc(NC(=O)c3cc(F)cc(N4CCOCC4)c3)cnc2C)nn1. The van der Waals surface area contributed by atoms with Gasteiger partial charge in [0.2, 0.25) is 0 Å². The maximum Gasteiger partial charge on any atom is 0.273 e. The van der Waals surface area contributed by atoms with E-state index in [2.05, 4.69) is 39.8 Å². The van der Waals surface area contributed by atoms with Gasteiger partial charge < -0.3 is 20.3 Å². The summed E-state index contributed by atoms with van der Waals surface area (Å²) in [5.41, 5.74) is 2.59. The molecule has 36 heavy (non-hydrogen) atoms. The highest BCUT2D eigenvalue weighted by molar-refractivity contribution is 6.05. The number of amides is 2. The number of carbonyl (C=O) groups is 2. The second-order valence-electron chi connectivity index (χ2n) is 8.85. The van der Waals surface area contributed by atoms with E-state index in [9.17, 15) is 14.0 Å². The van der Waals surface area contributed by atoms with Crippen LogP contribution in [0.4, 0.5) is 15.8 Å². The van der Waals surface area contributed by atoms with Crippen LogP contribution in [-0.2, 0) is 4.74 Å². The quantitative estimate of drug-likeness (QED) is 0.494. The number of carbonyl (C=O) groups excluding carboxylic acids is 2. The Labute approximate surface area is 208 Å². The minimum atomic E-state index is -0.492. The van der Waals surface area contributed by atoms with E-state index < -0.39 is 11.7 Å². The van der Waals surface area contributed by atoms with Crippen LogP contribution in [0, 0.1) is 18.7 Å². The van der Waals surface area contributed by atoms with Crippen LogP contribution in [0.15, 0.2) is 36.7 Å². The third-order valence-electron chi connectivity index (χ3n) is 6.12. The average Bonchev–Trinajstić information content (AvgIpc) is 3.38. The van der Waals surface area contributed by atoms with Gasteiger partial charge in [0.15, 0.2) is 5.69 Å². The van der Waals surface area contributed by atoms with Crippen molar-refractivity contribution in [3.63, 3.8) is 0 Å². The van der Waals surface area contributed by atoms with E-state index in [1.165, 1.54) is 29.2 Å². The van der Waals surface area contributed by atoms with Crippen LogP contribution in [0.25, 0.3) is 5.69 Å². The van der Waals surface area contributed by atoms with Crippen molar-refractivity contribution in [2.24, 2.45) is 5.92 Å². The van der Waals surface area contributed by atoms with E-state index in [0.29, 0.717) is 61.5 Å². The number of morpholine rings is 1. The lowest BCUT2D eigenvalue weighted by Crippen LogP contribution is -2.36. The number of rotatable bonds is 8. The number of anilines is 2. The lowest BCUT2D eigenvalue weighted by atomic mass is 10.1. The Kier molecular flexibility index (Phi) is 7.89. The van der Waals surface area contributed by atoms with Gasteiger partial charge in [0.1, 0.15) is 5.82 Å². The van der Waals surface area contributed by atoms with Gasteiger partial charge in [0, 0.05) is 30.9 Å². The molecule has 0 aliphatic carbocycles. The zero-order chi connectivity index (χ0) is 25.7. The first-order chi connectivity index (χ1) is 17.3. The summed E-state index contributed by atoms with van der Waals surface area (Å²) in [7, 11) is 0. The van der Waals surface area contributed by atoms with Gasteiger partial charge in [0.25, 0.3) is 11.8 Å². The highest BCUT2D eigenvalue weighted by atomic mass is 19.1. The lowest BCUT2D eigenvalue weighted by molar-refractivity contribution is 0.0942. The number of nitrogens with zero attached hydrogens (tertiary/aromatic N) is 5. The van der Waals surface area contributed by atoms with Crippen molar-refractivity contribution < 1.29 is 18.7 Å². The van der Waals surface area contributed by atoms with Gasteiger partial charge in [-0.2, -0.15) is 0 Å². The summed E-state index contributed by atoms with van der Waals surface area (Å²) in [6.07, 6.45) is 3.98. The Morgan fingerprint density at radius 2 is 1.94 bits per heavy atom. The second-order valence-corrected chi connectivity index (χ2v) is 8.85. The predicted molar refractivity (Wildman–Crippen MR) is 133 cm³/mol. The summed E-state index contributed by atoms with van der Waals surface area (Å²) in [5.74, 6) is -0.907. The monoisotopic (exact) mass is 495 g/mol. The Hall–Kier alpha value is -3.86. The number of halogens is 1. The zero-order valence-electron chi connectivity index (χ0n) is 20.6. The fraction of sp³-hybridized carbons (Fsp3) is 0.400. The van der Waals surface area contributed by atoms with Crippen LogP contribution in [0.2, 0.25) is 0 Å². The minimum absolute atomic E-state index is 0.183. The Balaban J connectivity index is 1.49. The summed E-state index contributed by atoms with van der Waals surface area (Å²) in [5, 5.41) is 13.6. The smallest absolute Gasteiger partial charge is 0.273 e. The molecule has 1 fully saturated rings. The molecular weight excluding hydrogens is 465 g/mol. The molecule has 3 aromatic rings. The minimum Gasteiger partial charge on any atom is -0.378 e. The highest BCUT2D eigenvalue weighted by Crippen LogP contribution is 2.22. The second kappa shape index (κ2) is 11.3. The Morgan fingerprint density at radius 3 is 2.69 bits per heavy atom. The third kappa shape index (κ3) is 6.03. The van der Waals surface area contributed by atoms with Gasteiger partial charge in [-0.15, -0.1) is 5.10 Å². The van der Waals surface area contributed by atoms with Crippen LogP contribution < -0.4 is 15.5 Å². The van der Waals surface area contributed by atoms with Crippen LogP contribution in [0.5, 0.6) is 0 Å². The van der Waals surface area contributed by atoms with Gasteiger partial charge >= 0.3 is 0 Å². The van der Waals surface area contributed by atoms with Gasteiger partial charge in [-0.05, 0) is 37.1 Å². The molecule has 0 spiro atoms. The lowest BCUT2D eigenvalue weighted by Gasteiger charge is -2.29. The van der Waals surface area contributed by atoms with Crippen molar-refractivity contribution in [1.82, 2.24) is 25.3 Å². The highest BCUT2D eigenvalue weighted by Gasteiger charge is 2.17. The zero-order valence-corrected chi connectivity index (χ0v) is 20.6. The molecule has 1 saturated heterocycles. The first-order valence-corrected chi connectivity index (χ1v) is 12.0. The van der Waals surface area contributed by atoms with E-state index in [1.54, 1.807) is 19.1 Å². The number of benzene rings is 1. The molecule has 2 amide bonds. The number of nitrogens with one attached hydrogen (secondary N) is 2. The molecule has 11 heteroatoms. The molecule has 10 nitrogen and oxygen atoms in total. The van der Waals surface area contributed by atoms with E-state index in [-0.39, 0.29) is 17.2 Å². The molecule has 190 valence electrons. The molecule has 3 heterocycles. The van der Waals surface area contributed by atoms with Crippen molar-refractivity contribution in [2.45, 2.75) is 27.2 Å². The molecule has 4 rings (SSSR count). The maximum absolute atomic E-state index is 14.3. The Morgan fingerprint density at radius 1 is 1.17 bits per heavy atom. The predicted octanol–water partition coefficient (Wildman–Crippen LogP) is 2.97. The molecule has 2 N–H and O–H groups in total. The van der Waals surface area contributed by atoms with Crippen molar-refractivity contribution >= 4 is 23.2 Å². The van der Waals surface area contributed by atoms with Gasteiger partial charge in [0.05, 0.1) is 42.7 Å². The maximum atomic E-state index is 14.3. The molecular formula is C25H30FN7O3. The summed E-state index contributed by atoms with van der Waals surface area (Å²) in [6, 6.07) is 5.95. The van der Waals surface area contributed by atoms with Gasteiger partial charge in [-0.1, -0.05) is 25.5 Å². The van der Waals surface area contributed by atoms with E-state index in [0.717, 1.165) is 6.42 Å². The van der Waals surface area contributed by atoms with Crippen molar-refractivity contribution in [2.75, 3.05) is 43.1 Å². The summed E-state index contributed by atoms with van der Waals surface area (Å²) in [4.78, 5) is 31.7. The van der Waals surface area contributed by atoms with E-state index in [1.807, 2.05) is 4.90 Å². The Bertz CT molecular complexity index is 1240. The van der Waals surface area contributed by atoms with Crippen molar-refractivity contribution in [3.8, 4) is 5.69 Å². The first-order valence-electron chi connectivity index (χ1n) is 12.0. The molecule has 2 aromatic heterocycles. The van der Waals surface area contributed by atoms with E-state index in [4.69, 9.17) is 4.74 Å². The van der Waals surface area contributed by atoms with Crippen LogP contribution in [-0.4, -0.2) is 64.6 Å². The van der Waals surface area contributed by atoms with Crippen LogP contribution in [0.1, 0.15) is 46.8 Å². The number of hydrogen-bond acceptors (Lipinski definition) is 7. The summed E-state index contributed by atoms with van der Waals surface area (Å²) < 4.78 is 21.1. The fourth-order valence-electron chi connectivity index (χ4n) is 3.72. The molecule has 1 aromatic carbocycles. The average molecular weight is 496 g/mol. The fourth-order valence-corrected chi connectivity index (χ4v) is 3.72. The first kappa shape index (κ1) is 25.2. The topological polar surface area (TPSA) is 114 Å². The van der Waals surface area contributed by atoms with Crippen molar-refractivity contribution in [3.05, 3.63) is 59.4 Å². The van der Waals surface area contributed by atoms with Crippen LogP contribution >= 0.6 is 0 Å². The van der Waals surface area contributed by atoms with Gasteiger partial charge in [-0.25, -0.2) is 9.07 Å². The van der Waals surface area contributed by atoms with E-state index >= 15 is 0 Å². The number of hydrogen-bond donors (Lipinski definition) is 2. The molecule has 0 saturated carbocycles. The molecule has 1 aliphatic heterocycles. The molecule has 0 radical (unpaired) electrons. The van der Waals surface area contributed by atoms with Crippen molar-refractivity contribution in [1.29, 1.82) is 0 Å². The number of pyridine rings is 1. The number of aromatic nitrogens is 4. The number of ether oxygens (including phenoxy) is 1. The molecule has 1 unspecified atom stereocenters. The summed E-state index contributed by atoms with van der Waals surface area (Å²) in [6.45, 7) is 8.82. The van der Waals surface area contributed by atoms with Crippen LogP contribution in [0.3, 0.4) is 0 Å². The molecule has 1 aliphatic rings. The third-order valence-corrected chi connectivity index (χ3v) is 6.12. The number of aryl methyl sites for hydroxylation is 1. The molecule has 0 bridgehead atoms. The largest absolute Gasteiger partial charge is 0.378 e. The van der Waals surface area contributed by atoms with Gasteiger partial charge in [-0.3, -0.25) is 14.6 Å². The summed E-state index contributed by atoms with van der Waals surface area (Å²) >= 11 is 0. The molecule has 1 atom stereocenters. The standard InChI is InChI=1S/C25H30FN7O3/c1-4-16(2)13-28-25(35)22-15-33(31-30-22)23-12-20(14-27-17(23)3)29-24(34)18-9-19(26)11-21(10-18)32-5-7-36-8-6-32/h9-12,14-16H,4-8,13H2,1-3H3,(H,28,35)(H,29,34). The normalized spacial score (nSPS) is 14.4.